The number of carbonyl (C=O) groups excluding carboxylic acids is 2. The largest absolute Gasteiger partial charge is 0.393 e. The topological polar surface area (TPSA) is 130 Å². The Morgan fingerprint density at radius 2 is 1.85 bits per heavy atom. The minimum atomic E-state index is -3.39. The van der Waals surface area contributed by atoms with Crippen LogP contribution in [0.5, 0.6) is 0 Å². The number of carbonyl (C=O) groups is 2. The van der Waals surface area contributed by atoms with Crippen molar-refractivity contribution in [2.24, 2.45) is 17.6 Å². The van der Waals surface area contributed by atoms with Crippen molar-refractivity contribution in [3.63, 3.8) is 0 Å². The summed E-state index contributed by atoms with van der Waals surface area (Å²) < 4.78 is 12.4. The number of nitrogens with two attached hydrogens (primary N) is 1. The summed E-state index contributed by atoms with van der Waals surface area (Å²) >= 11 is 0. The zero-order valence-corrected chi connectivity index (χ0v) is 16.9. The van der Waals surface area contributed by atoms with Crippen LogP contribution < -0.4 is 11.1 Å². The predicted octanol–water partition coefficient (Wildman–Crippen LogP) is 1.65. The average Bonchev–Trinajstić information content (AvgIpc) is 2.57. The summed E-state index contributed by atoms with van der Waals surface area (Å²) in [6, 6.07) is -0.651. The number of aliphatic hydroxyl groups is 1. The normalized spacial score (nSPS) is 20.4. The van der Waals surface area contributed by atoms with E-state index in [1.807, 2.05) is 13.8 Å². The SMILES string of the molecule is CC(C)[C@H](NC(=O)CN)C(=O)CC[C@@H](O)CP(=O)(O)CC1CCCCC1. The summed E-state index contributed by atoms with van der Waals surface area (Å²) in [6.07, 6.45) is 4.64. The molecule has 0 radical (unpaired) electrons. The van der Waals surface area contributed by atoms with E-state index in [2.05, 4.69) is 5.32 Å². The number of amides is 1. The van der Waals surface area contributed by atoms with E-state index >= 15 is 0 Å². The van der Waals surface area contributed by atoms with Gasteiger partial charge in [-0.15, -0.1) is 0 Å². The van der Waals surface area contributed by atoms with Crippen LogP contribution in [0.1, 0.15) is 58.8 Å². The van der Waals surface area contributed by atoms with Crippen molar-refractivity contribution in [1.82, 2.24) is 5.32 Å². The van der Waals surface area contributed by atoms with E-state index in [4.69, 9.17) is 5.73 Å². The molecule has 1 unspecified atom stereocenters. The Bertz CT molecular complexity index is 506. The maximum atomic E-state index is 12.4. The van der Waals surface area contributed by atoms with E-state index in [9.17, 15) is 24.2 Å². The van der Waals surface area contributed by atoms with Crippen molar-refractivity contribution < 1.29 is 24.2 Å². The van der Waals surface area contributed by atoms with Crippen LogP contribution in [0.4, 0.5) is 0 Å². The molecule has 26 heavy (non-hydrogen) atoms. The first-order chi connectivity index (χ1) is 12.1. The molecule has 0 aliphatic heterocycles. The van der Waals surface area contributed by atoms with Gasteiger partial charge in [0.25, 0.3) is 0 Å². The average molecular weight is 390 g/mol. The monoisotopic (exact) mass is 390 g/mol. The second-order valence-corrected chi connectivity index (χ2v) is 10.3. The first kappa shape index (κ1) is 23.3. The molecule has 0 spiro atoms. The fraction of sp³-hybridized carbons (Fsp3) is 0.889. The lowest BCUT2D eigenvalue weighted by molar-refractivity contribution is -0.128. The number of nitrogens with one attached hydrogen (secondary N) is 1. The van der Waals surface area contributed by atoms with Gasteiger partial charge in [0, 0.05) is 12.6 Å². The standard InChI is InChI=1S/C18H35N2O5P/c1-13(2)18(20-17(23)10-19)16(22)9-8-15(21)12-26(24,25)11-14-6-4-3-5-7-14/h13-15,18,21H,3-12,19H2,1-2H3,(H,20,23)(H,24,25)/t15-,18+/m1/s1. The van der Waals surface area contributed by atoms with Gasteiger partial charge in [0.1, 0.15) is 0 Å². The lowest BCUT2D eigenvalue weighted by atomic mass is 9.91. The number of rotatable bonds is 11. The van der Waals surface area contributed by atoms with Gasteiger partial charge in [0.15, 0.2) is 5.78 Å². The maximum Gasteiger partial charge on any atom is 0.234 e. The Balaban J connectivity index is 2.45. The second kappa shape index (κ2) is 11.2. The molecular formula is C18H35N2O5P. The molecule has 8 heteroatoms. The fourth-order valence-electron chi connectivity index (χ4n) is 3.58. The van der Waals surface area contributed by atoms with E-state index in [1.54, 1.807) is 0 Å². The first-order valence-corrected chi connectivity index (χ1v) is 11.7. The number of ketones is 1. The molecule has 3 atom stereocenters. The third-order valence-corrected chi connectivity index (χ3v) is 7.08. The van der Waals surface area contributed by atoms with Crippen molar-refractivity contribution in [3.8, 4) is 0 Å². The molecule has 0 aromatic heterocycles. The van der Waals surface area contributed by atoms with Crippen LogP contribution in [0.25, 0.3) is 0 Å². The molecule has 152 valence electrons. The molecule has 1 fully saturated rings. The minimum Gasteiger partial charge on any atom is -0.393 e. The van der Waals surface area contributed by atoms with Gasteiger partial charge < -0.3 is 21.1 Å². The highest BCUT2D eigenvalue weighted by molar-refractivity contribution is 7.58. The Kier molecular flexibility index (Phi) is 10.0. The molecule has 0 aromatic rings. The summed E-state index contributed by atoms with van der Waals surface area (Å²) in [7, 11) is -3.39. The van der Waals surface area contributed by atoms with Gasteiger partial charge in [-0.25, -0.2) is 0 Å². The minimum absolute atomic E-state index is 0.0539. The summed E-state index contributed by atoms with van der Waals surface area (Å²) in [6.45, 7) is 3.46. The first-order valence-electron chi connectivity index (χ1n) is 9.65. The number of Topliss-reactive ketones (excluding diaryl/α,β-unsaturated/α-hetero) is 1. The summed E-state index contributed by atoms with van der Waals surface area (Å²) in [5, 5.41) is 12.7. The molecule has 0 aromatic carbocycles. The van der Waals surface area contributed by atoms with E-state index in [0.29, 0.717) is 0 Å². The summed E-state index contributed by atoms with van der Waals surface area (Å²) in [5.41, 5.74) is 5.27. The smallest absolute Gasteiger partial charge is 0.234 e. The van der Waals surface area contributed by atoms with Crippen molar-refractivity contribution in [2.45, 2.75) is 70.9 Å². The molecular weight excluding hydrogens is 355 g/mol. The van der Waals surface area contributed by atoms with Crippen molar-refractivity contribution in [1.29, 1.82) is 0 Å². The number of hydrogen-bond donors (Lipinski definition) is 4. The molecule has 0 bridgehead atoms. The molecule has 1 rings (SSSR count). The number of aliphatic hydroxyl groups excluding tert-OH is 1. The molecule has 0 saturated heterocycles. The van der Waals surface area contributed by atoms with Gasteiger partial charge in [-0.3, -0.25) is 14.2 Å². The zero-order chi connectivity index (χ0) is 19.7. The lowest BCUT2D eigenvalue weighted by Gasteiger charge is -2.25. The van der Waals surface area contributed by atoms with Crippen molar-refractivity contribution >= 4 is 19.1 Å². The Morgan fingerprint density at radius 1 is 1.23 bits per heavy atom. The van der Waals surface area contributed by atoms with Gasteiger partial charge in [0.05, 0.1) is 24.9 Å². The van der Waals surface area contributed by atoms with E-state index in [1.165, 1.54) is 6.42 Å². The van der Waals surface area contributed by atoms with Crippen LogP contribution >= 0.6 is 7.37 Å². The number of hydrogen-bond acceptors (Lipinski definition) is 5. The summed E-state index contributed by atoms with van der Waals surface area (Å²) in [5.74, 6) is -0.415. The second-order valence-electron chi connectivity index (χ2n) is 7.87. The van der Waals surface area contributed by atoms with Gasteiger partial charge in [-0.05, 0) is 31.1 Å². The van der Waals surface area contributed by atoms with E-state index < -0.39 is 25.4 Å². The van der Waals surface area contributed by atoms with Crippen LogP contribution in [0, 0.1) is 11.8 Å². The molecule has 0 heterocycles. The summed E-state index contributed by atoms with van der Waals surface area (Å²) in [4.78, 5) is 34.0. The third-order valence-electron chi connectivity index (χ3n) is 5.00. The highest BCUT2D eigenvalue weighted by Crippen LogP contribution is 2.46. The Morgan fingerprint density at radius 3 is 2.38 bits per heavy atom. The van der Waals surface area contributed by atoms with Crippen LogP contribution in [0.2, 0.25) is 0 Å². The van der Waals surface area contributed by atoms with Crippen LogP contribution in [-0.2, 0) is 14.2 Å². The molecule has 1 aliphatic carbocycles. The molecule has 1 aliphatic rings. The molecule has 1 saturated carbocycles. The quantitative estimate of drug-likeness (QED) is 0.397. The van der Waals surface area contributed by atoms with Crippen molar-refractivity contribution in [2.75, 3.05) is 18.9 Å². The van der Waals surface area contributed by atoms with Gasteiger partial charge in [-0.1, -0.05) is 33.1 Å². The van der Waals surface area contributed by atoms with E-state index in [0.717, 1.165) is 25.7 Å². The van der Waals surface area contributed by atoms with Crippen LogP contribution in [-0.4, -0.2) is 52.7 Å². The zero-order valence-electron chi connectivity index (χ0n) is 16.0. The maximum absolute atomic E-state index is 12.4. The van der Waals surface area contributed by atoms with Crippen molar-refractivity contribution in [3.05, 3.63) is 0 Å². The predicted molar refractivity (Wildman–Crippen MR) is 102 cm³/mol. The van der Waals surface area contributed by atoms with Gasteiger partial charge >= 0.3 is 0 Å². The van der Waals surface area contributed by atoms with Crippen LogP contribution in [0.15, 0.2) is 0 Å². The highest BCUT2D eigenvalue weighted by Gasteiger charge is 2.29. The highest BCUT2D eigenvalue weighted by atomic mass is 31.2. The molecule has 5 N–H and O–H groups in total. The molecule has 1 amide bonds. The Labute approximate surface area is 156 Å². The lowest BCUT2D eigenvalue weighted by Crippen LogP contribution is -2.46. The van der Waals surface area contributed by atoms with E-state index in [-0.39, 0.29) is 49.3 Å². The van der Waals surface area contributed by atoms with Gasteiger partial charge in [0.2, 0.25) is 13.3 Å². The van der Waals surface area contributed by atoms with Gasteiger partial charge in [-0.2, -0.15) is 0 Å². The Hall–Kier alpha value is -0.750. The fourth-order valence-corrected chi connectivity index (χ4v) is 5.75. The third kappa shape index (κ3) is 8.76. The molecule has 7 nitrogen and oxygen atoms in total. The van der Waals surface area contributed by atoms with Crippen LogP contribution in [0.3, 0.4) is 0 Å².